The van der Waals surface area contributed by atoms with Gasteiger partial charge in [-0.25, -0.2) is 0 Å². The predicted molar refractivity (Wildman–Crippen MR) is 110 cm³/mol. The Kier molecular flexibility index (Phi) is 7.66. The summed E-state index contributed by atoms with van der Waals surface area (Å²) in [6, 6.07) is 12.4. The molecule has 0 saturated heterocycles. The minimum absolute atomic E-state index is 0.0185. The van der Waals surface area contributed by atoms with E-state index in [9.17, 15) is 9.59 Å². The van der Waals surface area contributed by atoms with Gasteiger partial charge >= 0.3 is 0 Å². The van der Waals surface area contributed by atoms with E-state index in [-0.39, 0.29) is 18.4 Å². The molecule has 0 aliphatic carbocycles. The molecule has 0 spiro atoms. The van der Waals surface area contributed by atoms with Gasteiger partial charge in [-0.15, -0.1) is 0 Å². The van der Waals surface area contributed by atoms with E-state index in [1.165, 1.54) is 0 Å². The zero-order chi connectivity index (χ0) is 19.1. The van der Waals surface area contributed by atoms with Gasteiger partial charge in [0.25, 0.3) is 11.8 Å². The summed E-state index contributed by atoms with van der Waals surface area (Å²) in [6.07, 6.45) is 0. The molecule has 0 fully saturated rings. The Morgan fingerprint density at radius 1 is 1.00 bits per heavy atom. The third-order valence-electron chi connectivity index (χ3n) is 3.73. The van der Waals surface area contributed by atoms with Crippen molar-refractivity contribution in [2.24, 2.45) is 0 Å². The summed E-state index contributed by atoms with van der Waals surface area (Å²) in [5, 5.41) is 2.75. The van der Waals surface area contributed by atoms with Crippen LogP contribution >= 0.6 is 31.9 Å². The average Bonchev–Trinajstić information content (AvgIpc) is 2.63. The minimum Gasteiger partial charge on any atom is -0.481 e. The van der Waals surface area contributed by atoms with Crippen molar-refractivity contribution in [1.82, 2.24) is 4.90 Å². The number of rotatable bonds is 7. The molecule has 26 heavy (non-hydrogen) atoms. The number of carbonyl (C=O) groups excluding carboxylic acids is 2. The minimum atomic E-state index is -0.282. The average molecular weight is 484 g/mol. The van der Waals surface area contributed by atoms with E-state index in [0.717, 1.165) is 8.95 Å². The van der Waals surface area contributed by atoms with Crippen molar-refractivity contribution in [3.05, 3.63) is 57.0 Å². The standard InChI is InChI=1S/C19H20Br2N2O3/c1-3-23(4-2)19(25)13-8-10-14(11-9-13)22-17(24)12-26-18-15(20)6-5-7-16(18)21/h5-11H,3-4,12H2,1-2H3,(H,22,24). The zero-order valence-electron chi connectivity index (χ0n) is 14.6. The lowest BCUT2D eigenvalue weighted by Crippen LogP contribution is -2.30. The summed E-state index contributed by atoms with van der Waals surface area (Å²) < 4.78 is 7.08. The predicted octanol–water partition coefficient (Wildman–Crippen LogP) is 4.71. The smallest absolute Gasteiger partial charge is 0.262 e. The van der Waals surface area contributed by atoms with Gasteiger partial charge in [0.05, 0.1) is 8.95 Å². The number of hydrogen-bond acceptors (Lipinski definition) is 3. The molecule has 2 aromatic carbocycles. The molecule has 5 nitrogen and oxygen atoms in total. The highest BCUT2D eigenvalue weighted by Crippen LogP contribution is 2.32. The van der Waals surface area contributed by atoms with Crippen LogP contribution in [0.15, 0.2) is 51.4 Å². The number of benzene rings is 2. The first-order chi connectivity index (χ1) is 12.5. The molecule has 1 N–H and O–H groups in total. The van der Waals surface area contributed by atoms with E-state index < -0.39 is 0 Å². The number of para-hydroxylation sites is 1. The largest absolute Gasteiger partial charge is 0.481 e. The Bertz CT molecular complexity index is 755. The van der Waals surface area contributed by atoms with E-state index in [1.807, 2.05) is 32.0 Å². The molecule has 2 aromatic rings. The number of halogens is 2. The summed E-state index contributed by atoms with van der Waals surface area (Å²) >= 11 is 6.77. The Labute approximate surface area is 170 Å². The van der Waals surface area contributed by atoms with Crippen molar-refractivity contribution in [1.29, 1.82) is 0 Å². The molecule has 2 rings (SSSR count). The second-order valence-electron chi connectivity index (χ2n) is 5.44. The third kappa shape index (κ3) is 5.32. The molecule has 0 unspecified atom stereocenters. The monoisotopic (exact) mass is 482 g/mol. The summed E-state index contributed by atoms with van der Waals surface area (Å²) in [5.74, 6) is 0.272. The molecule has 0 aliphatic heterocycles. The van der Waals surface area contributed by atoms with Crippen molar-refractivity contribution in [3.63, 3.8) is 0 Å². The van der Waals surface area contributed by atoms with Crippen LogP contribution in [-0.4, -0.2) is 36.4 Å². The van der Waals surface area contributed by atoms with Crippen LogP contribution < -0.4 is 10.1 Å². The van der Waals surface area contributed by atoms with E-state index in [1.54, 1.807) is 29.2 Å². The fraction of sp³-hybridized carbons (Fsp3) is 0.263. The van der Waals surface area contributed by atoms with Gasteiger partial charge in [0, 0.05) is 24.3 Å². The molecule has 0 bridgehead atoms. The number of ether oxygens (including phenoxy) is 1. The van der Waals surface area contributed by atoms with Crippen LogP contribution in [0.4, 0.5) is 5.69 Å². The van der Waals surface area contributed by atoms with Crippen LogP contribution in [0.1, 0.15) is 24.2 Å². The summed E-state index contributed by atoms with van der Waals surface area (Å²) in [5.41, 5.74) is 1.21. The number of carbonyl (C=O) groups is 2. The fourth-order valence-electron chi connectivity index (χ4n) is 2.34. The highest BCUT2D eigenvalue weighted by atomic mass is 79.9. The van der Waals surface area contributed by atoms with Gasteiger partial charge < -0.3 is 15.0 Å². The molecule has 0 radical (unpaired) electrons. The Morgan fingerprint density at radius 3 is 2.12 bits per heavy atom. The normalized spacial score (nSPS) is 10.3. The molecular formula is C19H20Br2N2O3. The van der Waals surface area contributed by atoms with Crippen molar-refractivity contribution in [2.45, 2.75) is 13.8 Å². The highest BCUT2D eigenvalue weighted by Gasteiger charge is 2.13. The van der Waals surface area contributed by atoms with Crippen molar-refractivity contribution in [2.75, 3.05) is 25.0 Å². The van der Waals surface area contributed by atoms with Gasteiger partial charge in [-0.05, 0) is 82.1 Å². The number of anilines is 1. The van der Waals surface area contributed by atoms with Crippen LogP contribution in [0.5, 0.6) is 5.75 Å². The molecular weight excluding hydrogens is 464 g/mol. The lowest BCUT2D eigenvalue weighted by Gasteiger charge is -2.18. The number of nitrogens with one attached hydrogen (secondary N) is 1. The first-order valence-corrected chi connectivity index (χ1v) is 9.80. The quantitative estimate of drug-likeness (QED) is 0.620. The lowest BCUT2D eigenvalue weighted by molar-refractivity contribution is -0.118. The van der Waals surface area contributed by atoms with Crippen LogP contribution in [0.3, 0.4) is 0 Å². The van der Waals surface area contributed by atoms with Gasteiger partial charge in [-0.2, -0.15) is 0 Å². The first-order valence-electron chi connectivity index (χ1n) is 8.22. The molecule has 0 aromatic heterocycles. The number of nitrogens with zero attached hydrogens (tertiary/aromatic N) is 1. The van der Waals surface area contributed by atoms with Crippen LogP contribution in [0.2, 0.25) is 0 Å². The van der Waals surface area contributed by atoms with Crippen LogP contribution in [0.25, 0.3) is 0 Å². The molecule has 138 valence electrons. The van der Waals surface area contributed by atoms with Gasteiger partial charge in [-0.3, -0.25) is 9.59 Å². The molecule has 2 amide bonds. The molecule has 0 saturated carbocycles. The summed E-state index contributed by atoms with van der Waals surface area (Å²) in [6.45, 7) is 5.09. The van der Waals surface area contributed by atoms with E-state index in [2.05, 4.69) is 37.2 Å². The SMILES string of the molecule is CCN(CC)C(=O)c1ccc(NC(=O)COc2c(Br)cccc2Br)cc1. The Balaban J connectivity index is 1.94. The fourth-order valence-corrected chi connectivity index (χ4v) is 3.57. The molecule has 7 heteroatoms. The van der Waals surface area contributed by atoms with E-state index >= 15 is 0 Å². The topological polar surface area (TPSA) is 58.6 Å². The molecule has 0 atom stereocenters. The second-order valence-corrected chi connectivity index (χ2v) is 7.15. The summed E-state index contributed by atoms with van der Waals surface area (Å²) in [7, 11) is 0. The van der Waals surface area contributed by atoms with Crippen molar-refractivity contribution < 1.29 is 14.3 Å². The third-order valence-corrected chi connectivity index (χ3v) is 4.98. The van der Waals surface area contributed by atoms with Crippen molar-refractivity contribution in [3.8, 4) is 5.75 Å². The number of amides is 2. The lowest BCUT2D eigenvalue weighted by atomic mass is 10.2. The van der Waals surface area contributed by atoms with Crippen LogP contribution in [0, 0.1) is 0 Å². The van der Waals surface area contributed by atoms with Crippen molar-refractivity contribution >= 4 is 49.4 Å². The van der Waals surface area contributed by atoms with Gasteiger partial charge in [0.2, 0.25) is 0 Å². The maximum Gasteiger partial charge on any atom is 0.262 e. The second kappa shape index (κ2) is 9.73. The Morgan fingerprint density at radius 2 is 1.58 bits per heavy atom. The number of hydrogen-bond donors (Lipinski definition) is 1. The highest BCUT2D eigenvalue weighted by molar-refractivity contribution is 9.11. The molecule has 0 aliphatic rings. The van der Waals surface area contributed by atoms with E-state index in [0.29, 0.717) is 30.1 Å². The van der Waals surface area contributed by atoms with Gasteiger partial charge in [0.15, 0.2) is 6.61 Å². The van der Waals surface area contributed by atoms with Crippen LogP contribution in [-0.2, 0) is 4.79 Å². The maximum absolute atomic E-state index is 12.3. The maximum atomic E-state index is 12.3. The van der Waals surface area contributed by atoms with E-state index in [4.69, 9.17) is 4.74 Å². The van der Waals surface area contributed by atoms with Gasteiger partial charge in [0.1, 0.15) is 5.75 Å². The van der Waals surface area contributed by atoms with Gasteiger partial charge in [-0.1, -0.05) is 6.07 Å². The first kappa shape index (κ1) is 20.5. The zero-order valence-corrected chi connectivity index (χ0v) is 17.8. The molecule has 0 heterocycles. The summed E-state index contributed by atoms with van der Waals surface area (Å²) in [4.78, 5) is 26.1. The Hall–Kier alpha value is -1.86.